The normalized spacial score (nSPS) is 42.1. The van der Waals surface area contributed by atoms with Crippen LogP contribution in [0.1, 0.15) is 45.4 Å². The Bertz CT molecular complexity index is 349. The first-order valence-corrected chi connectivity index (χ1v) is 6.71. The summed E-state index contributed by atoms with van der Waals surface area (Å²) in [6, 6.07) is 0.106. The van der Waals surface area contributed by atoms with Crippen molar-refractivity contribution in [1.29, 1.82) is 5.26 Å². The van der Waals surface area contributed by atoms with Crippen LogP contribution in [0.2, 0.25) is 0 Å². The second-order valence-corrected chi connectivity index (χ2v) is 5.58. The molecule has 1 aliphatic carbocycles. The van der Waals surface area contributed by atoms with Crippen LogP contribution in [0.4, 0.5) is 0 Å². The van der Waals surface area contributed by atoms with Gasteiger partial charge >= 0.3 is 12.1 Å². The van der Waals surface area contributed by atoms with E-state index < -0.39 is 0 Å². The molecule has 0 spiro atoms. The van der Waals surface area contributed by atoms with E-state index in [1.165, 1.54) is 0 Å². The highest BCUT2D eigenvalue weighted by Gasteiger charge is 2.51. The van der Waals surface area contributed by atoms with Crippen LogP contribution in [0.15, 0.2) is 0 Å². The molecular weight excluding hydrogens is 214 g/mol. The van der Waals surface area contributed by atoms with E-state index in [9.17, 15) is 10.1 Å². The zero-order valence-corrected chi connectivity index (χ0v) is 10.6. The van der Waals surface area contributed by atoms with Gasteiger partial charge in [-0.15, -0.1) is 5.26 Å². The van der Waals surface area contributed by atoms with Gasteiger partial charge in [0.25, 0.3) is 0 Å². The molecule has 2 N–H and O–H groups in total. The van der Waals surface area contributed by atoms with E-state index in [-0.39, 0.29) is 28.4 Å². The van der Waals surface area contributed by atoms with Gasteiger partial charge < -0.3 is 5.73 Å². The summed E-state index contributed by atoms with van der Waals surface area (Å²) >= 11 is 0. The largest absolute Gasteiger partial charge is 0.333 e. The highest BCUT2D eigenvalue weighted by Crippen LogP contribution is 2.33. The Morgan fingerprint density at radius 1 is 1.29 bits per heavy atom. The molecule has 4 atom stereocenters. The zero-order valence-electron chi connectivity index (χ0n) is 10.6. The average molecular weight is 236 g/mol. The molecule has 0 aromatic rings. The van der Waals surface area contributed by atoms with E-state index in [1.54, 1.807) is 0 Å². The minimum atomic E-state index is -0.0936. The minimum absolute atomic E-state index is 0.0123. The summed E-state index contributed by atoms with van der Waals surface area (Å²) in [6.07, 6.45) is 8.21. The third kappa shape index (κ3) is 1.98. The number of nitrogens with zero attached hydrogens (tertiary/aromatic N) is 2. The first-order valence-electron chi connectivity index (χ1n) is 6.71. The van der Waals surface area contributed by atoms with Gasteiger partial charge in [-0.2, -0.15) is 4.48 Å². The van der Waals surface area contributed by atoms with E-state index in [0.29, 0.717) is 6.54 Å². The van der Waals surface area contributed by atoms with Crippen molar-refractivity contribution in [2.24, 2.45) is 11.7 Å². The van der Waals surface area contributed by atoms with Crippen molar-refractivity contribution in [2.45, 2.75) is 57.5 Å². The molecule has 1 heterocycles. The lowest BCUT2D eigenvalue weighted by atomic mass is 9.83. The molecule has 1 unspecified atom stereocenters. The Morgan fingerprint density at radius 2 is 2.00 bits per heavy atom. The van der Waals surface area contributed by atoms with Crippen molar-refractivity contribution in [1.82, 2.24) is 0 Å². The molecule has 1 aliphatic heterocycles. The van der Waals surface area contributed by atoms with Gasteiger partial charge in [0.2, 0.25) is 0 Å². The van der Waals surface area contributed by atoms with Crippen molar-refractivity contribution in [3.8, 4) is 6.19 Å². The molecule has 4 heteroatoms. The van der Waals surface area contributed by atoms with Gasteiger partial charge in [0.15, 0.2) is 0 Å². The fourth-order valence-electron chi connectivity index (χ4n) is 3.36. The highest BCUT2D eigenvalue weighted by atomic mass is 16.2. The number of carbonyl (C=O) groups is 1. The van der Waals surface area contributed by atoms with Gasteiger partial charge in [0.05, 0.1) is 5.92 Å². The van der Waals surface area contributed by atoms with Crippen LogP contribution in [0, 0.1) is 17.4 Å². The van der Waals surface area contributed by atoms with E-state index in [2.05, 4.69) is 6.19 Å². The number of likely N-dealkylation sites (tertiary alicyclic amines) is 1. The molecule has 0 bridgehead atoms. The molecule has 1 saturated heterocycles. The van der Waals surface area contributed by atoms with E-state index in [1.807, 2.05) is 6.92 Å². The van der Waals surface area contributed by atoms with Crippen LogP contribution < -0.4 is 5.73 Å². The molecule has 2 aliphatic rings. The lowest BCUT2D eigenvalue weighted by Gasteiger charge is -2.34. The van der Waals surface area contributed by atoms with Crippen molar-refractivity contribution < 1.29 is 9.28 Å². The molecule has 0 aromatic carbocycles. The lowest BCUT2D eigenvalue weighted by Crippen LogP contribution is -2.57. The Balaban J connectivity index is 2.20. The summed E-state index contributed by atoms with van der Waals surface area (Å²) in [6.45, 7) is 2.70. The van der Waals surface area contributed by atoms with Crippen LogP contribution in [0.3, 0.4) is 0 Å². The van der Waals surface area contributed by atoms with Gasteiger partial charge in [0, 0.05) is 18.9 Å². The van der Waals surface area contributed by atoms with Crippen LogP contribution in [-0.4, -0.2) is 29.0 Å². The number of carbonyl (C=O) groups excluding carboxylic acids is 1. The first-order chi connectivity index (χ1) is 8.12. The van der Waals surface area contributed by atoms with Crippen molar-refractivity contribution in [3.63, 3.8) is 0 Å². The third-order valence-electron chi connectivity index (χ3n) is 4.59. The Labute approximate surface area is 103 Å². The van der Waals surface area contributed by atoms with Gasteiger partial charge in [-0.05, 0) is 19.8 Å². The maximum Gasteiger partial charge on any atom is 0.333 e. The van der Waals surface area contributed by atoms with Gasteiger partial charge in [-0.1, -0.05) is 12.8 Å². The van der Waals surface area contributed by atoms with Crippen molar-refractivity contribution >= 4 is 5.91 Å². The molecule has 0 aromatic heterocycles. The molecule has 17 heavy (non-hydrogen) atoms. The number of amides is 1. The number of nitriles is 1. The van der Waals surface area contributed by atoms with Gasteiger partial charge in [-0.25, -0.2) is 4.79 Å². The maximum atomic E-state index is 12.6. The summed E-state index contributed by atoms with van der Waals surface area (Å²) < 4.78 is 0.0123. The number of hydrogen-bond acceptors (Lipinski definition) is 3. The number of nitrogens with two attached hydrogens (primary N) is 1. The predicted octanol–water partition coefficient (Wildman–Crippen LogP) is 1.51. The Hall–Kier alpha value is -0.920. The molecule has 1 amide bonds. The average Bonchev–Trinajstić information content (AvgIpc) is 2.71. The van der Waals surface area contributed by atoms with Crippen LogP contribution >= 0.6 is 0 Å². The fourth-order valence-corrected chi connectivity index (χ4v) is 3.36. The lowest BCUT2D eigenvalue weighted by molar-refractivity contribution is -0.801. The van der Waals surface area contributed by atoms with Gasteiger partial charge in [-0.3, -0.25) is 0 Å². The minimum Gasteiger partial charge on any atom is -0.327 e. The second kappa shape index (κ2) is 4.75. The number of quaternary nitrogens is 1. The van der Waals surface area contributed by atoms with Crippen LogP contribution in [0.5, 0.6) is 0 Å². The van der Waals surface area contributed by atoms with Crippen molar-refractivity contribution in [2.75, 3.05) is 6.54 Å². The molecule has 2 rings (SSSR count). The topological polar surface area (TPSA) is 66.9 Å². The summed E-state index contributed by atoms with van der Waals surface area (Å²) in [5.74, 6) is -0.00588. The smallest absolute Gasteiger partial charge is 0.327 e. The Morgan fingerprint density at radius 3 is 2.53 bits per heavy atom. The van der Waals surface area contributed by atoms with Gasteiger partial charge in [0.1, 0.15) is 12.6 Å². The summed E-state index contributed by atoms with van der Waals surface area (Å²) in [5.41, 5.74) is 6.07. The van der Waals surface area contributed by atoms with Crippen molar-refractivity contribution in [3.05, 3.63) is 0 Å². The standard InChI is InChI=1S/C13H22N3O/c1-10-5-4-8-16(10,9-14)13(17)11-6-2-3-7-12(11)15/h10-12H,2-8,15H2,1H3/q+1/t10-,11+,12-,16?/m1/s1. The van der Waals surface area contributed by atoms with E-state index in [4.69, 9.17) is 5.73 Å². The molecule has 94 valence electrons. The maximum absolute atomic E-state index is 12.6. The quantitative estimate of drug-likeness (QED) is 0.554. The van der Waals surface area contributed by atoms with E-state index in [0.717, 1.165) is 38.5 Å². The Kier molecular flexibility index (Phi) is 3.50. The summed E-state index contributed by atoms with van der Waals surface area (Å²) in [7, 11) is 0. The number of hydrogen-bond donors (Lipinski definition) is 1. The second-order valence-electron chi connectivity index (χ2n) is 5.58. The molecular formula is C13H22N3O+. The highest BCUT2D eigenvalue weighted by molar-refractivity contribution is 5.74. The summed E-state index contributed by atoms with van der Waals surface area (Å²) in [5, 5.41) is 9.43. The van der Waals surface area contributed by atoms with Crippen LogP contribution in [-0.2, 0) is 4.79 Å². The molecule has 1 saturated carbocycles. The third-order valence-corrected chi connectivity index (χ3v) is 4.59. The van der Waals surface area contributed by atoms with Crippen LogP contribution in [0.25, 0.3) is 0 Å². The predicted molar refractivity (Wildman–Crippen MR) is 64.4 cm³/mol. The SMILES string of the molecule is C[C@@H]1CCC[N+]1(C#N)C(=O)[C@H]1CCCC[C@H]1N. The summed E-state index contributed by atoms with van der Waals surface area (Å²) in [4.78, 5) is 12.6. The first kappa shape index (κ1) is 12.5. The molecule has 4 nitrogen and oxygen atoms in total. The van der Waals surface area contributed by atoms with E-state index >= 15 is 0 Å². The molecule has 2 fully saturated rings. The fraction of sp³-hybridized carbons (Fsp3) is 0.846. The zero-order chi connectivity index (χ0) is 12.5. The molecule has 0 radical (unpaired) electrons. The monoisotopic (exact) mass is 236 g/mol. The number of rotatable bonds is 1.